The van der Waals surface area contributed by atoms with Crippen molar-refractivity contribution in [3.63, 3.8) is 0 Å². The quantitative estimate of drug-likeness (QED) is 0.717. The van der Waals surface area contributed by atoms with Crippen LogP contribution in [0.1, 0.15) is 30.5 Å². The third-order valence-corrected chi connectivity index (χ3v) is 2.47. The molecule has 1 aromatic rings. The Labute approximate surface area is 82.5 Å². The predicted molar refractivity (Wildman–Crippen MR) is 49.9 cm³/mol. The number of aliphatic hydroxyl groups excluding tert-OH is 1. The van der Waals surface area contributed by atoms with Gasteiger partial charge in [-0.2, -0.15) is 4.98 Å². The zero-order valence-corrected chi connectivity index (χ0v) is 8.07. The molecule has 1 aliphatic rings. The van der Waals surface area contributed by atoms with E-state index in [4.69, 9.17) is 9.63 Å². The highest BCUT2D eigenvalue weighted by Gasteiger charge is 2.20. The van der Waals surface area contributed by atoms with Crippen molar-refractivity contribution in [3.05, 3.63) is 11.7 Å². The first-order chi connectivity index (χ1) is 6.90. The molecule has 5 nitrogen and oxygen atoms in total. The Bertz CT molecular complexity index is 281. The van der Waals surface area contributed by atoms with Gasteiger partial charge in [0.2, 0.25) is 5.89 Å². The molecule has 2 N–H and O–H groups in total. The molecular weight excluding hydrogens is 182 g/mol. The highest BCUT2D eigenvalue weighted by atomic mass is 16.5. The molecule has 2 heterocycles. The van der Waals surface area contributed by atoms with Crippen LogP contribution >= 0.6 is 0 Å². The molecule has 0 saturated carbocycles. The standard InChI is InChI=1S/C9H15N3O2/c13-5-3-8-11-9(14-12-8)7-2-1-4-10-6-7/h7,10,13H,1-6H2/t7-/m0/s1. The van der Waals surface area contributed by atoms with E-state index < -0.39 is 0 Å². The number of piperidine rings is 1. The van der Waals surface area contributed by atoms with Gasteiger partial charge in [-0.15, -0.1) is 0 Å². The van der Waals surface area contributed by atoms with E-state index in [2.05, 4.69) is 15.5 Å². The van der Waals surface area contributed by atoms with Crippen molar-refractivity contribution in [1.29, 1.82) is 0 Å². The average molecular weight is 197 g/mol. The summed E-state index contributed by atoms with van der Waals surface area (Å²) in [5, 5.41) is 15.8. The second kappa shape index (κ2) is 4.52. The summed E-state index contributed by atoms with van der Waals surface area (Å²) in [4.78, 5) is 4.25. The molecule has 0 aliphatic carbocycles. The van der Waals surface area contributed by atoms with E-state index in [0.29, 0.717) is 24.1 Å². The molecule has 1 aliphatic heterocycles. The first-order valence-corrected chi connectivity index (χ1v) is 5.04. The maximum absolute atomic E-state index is 8.71. The van der Waals surface area contributed by atoms with Crippen LogP contribution in [0, 0.1) is 0 Å². The van der Waals surface area contributed by atoms with E-state index in [-0.39, 0.29) is 6.61 Å². The van der Waals surface area contributed by atoms with Crippen LogP contribution in [0.15, 0.2) is 4.52 Å². The maximum Gasteiger partial charge on any atom is 0.231 e. The molecule has 0 amide bonds. The van der Waals surface area contributed by atoms with Gasteiger partial charge in [0, 0.05) is 13.0 Å². The van der Waals surface area contributed by atoms with Crippen molar-refractivity contribution in [3.8, 4) is 0 Å². The molecule has 0 unspecified atom stereocenters. The summed E-state index contributed by atoms with van der Waals surface area (Å²) in [7, 11) is 0. The van der Waals surface area contributed by atoms with Gasteiger partial charge < -0.3 is 14.9 Å². The van der Waals surface area contributed by atoms with Crippen LogP contribution in [0.4, 0.5) is 0 Å². The van der Waals surface area contributed by atoms with Crippen LogP contribution in [0.3, 0.4) is 0 Å². The molecule has 1 saturated heterocycles. The van der Waals surface area contributed by atoms with Gasteiger partial charge in [-0.3, -0.25) is 0 Å². The topological polar surface area (TPSA) is 71.2 Å². The highest BCUT2D eigenvalue weighted by Crippen LogP contribution is 2.21. The number of nitrogens with zero attached hydrogens (tertiary/aromatic N) is 2. The summed E-state index contributed by atoms with van der Waals surface area (Å²) < 4.78 is 5.14. The fourth-order valence-corrected chi connectivity index (χ4v) is 1.70. The number of aliphatic hydroxyl groups is 1. The molecule has 1 aromatic heterocycles. The lowest BCUT2D eigenvalue weighted by Gasteiger charge is -2.18. The molecule has 5 heteroatoms. The Balaban J connectivity index is 2.00. The van der Waals surface area contributed by atoms with Gasteiger partial charge in [-0.25, -0.2) is 0 Å². The lowest BCUT2D eigenvalue weighted by Crippen LogP contribution is -2.28. The molecule has 0 radical (unpaired) electrons. The summed E-state index contributed by atoms with van der Waals surface area (Å²) in [6, 6.07) is 0. The number of hydrogen-bond donors (Lipinski definition) is 2. The first-order valence-electron chi connectivity index (χ1n) is 5.04. The predicted octanol–water partition coefficient (Wildman–Crippen LogP) is 0.0714. The number of rotatable bonds is 3. The van der Waals surface area contributed by atoms with Crippen molar-refractivity contribution < 1.29 is 9.63 Å². The Morgan fingerprint density at radius 1 is 1.57 bits per heavy atom. The molecule has 1 atom stereocenters. The summed E-state index contributed by atoms with van der Waals surface area (Å²) in [5.41, 5.74) is 0. The molecule has 1 fully saturated rings. The Hall–Kier alpha value is -0.940. The van der Waals surface area contributed by atoms with Gasteiger partial charge in [-0.1, -0.05) is 5.16 Å². The summed E-state index contributed by atoms with van der Waals surface area (Å²) in [6.45, 7) is 2.07. The zero-order valence-electron chi connectivity index (χ0n) is 8.07. The third kappa shape index (κ3) is 2.10. The third-order valence-electron chi connectivity index (χ3n) is 2.47. The van der Waals surface area contributed by atoms with Gasteiger partial charge in [-0.05, 0) is 19.4 Å². The molecule has 0 bridgehead atoms. The number of nitrogens with one attached hydrogen (secondary N) is 1. The van der Waals surface area contributed by atoms with Crippen molar-refractivity contribution in [2.45, 2.75) is 25.2 Å². The SMILES string of the molecule is OCCc1noc([C@H]2CCCNC2)n1. The molecule has 0 aromatic carbocycles. The van der Waals surface area contributed by atoms with E-state index in [1.165, 1.54) is 0 Å². The normalized spacial score (nSPS) is 22.5. The molecule has 2 rings (SSSR count). The lowest BCUT2D eigenvalue weighted by atomic mass is 10.00. The highest BCUT2D eigenvalue weighted by molar-refractivity contribution is 4.96. The fraction of sp³-hybridized carbons (Fsp3) is 0.778. The number of hydrogen-bond acceptors (Lipinski definition) is 5. The minimum Gasteiger partial charge on any atom is -0.396 e. The largest absolute Gasteiger partial charge is 0.396 e. The second-order valence-corrected chi connectivity index (χ2v) is 3.57. The second-order valence-electron chi connectivity index (χ2n) is 3.57. The van der Waals surface area contributed by atoms with Crippen LogP contribution in [-0.4, -0.2) is 34.9 Å². The van der Waals surface area contributed by atoms with Crippen LogP contribution in [-0.2, 0) is 6.42 Å². The van der Waals surface area contributed by atoms with E-state index in [1.807, 2.05) is 0 Å². The monoisotopic (exact) mass is 197 g/mol. The van der Waals surface area contributed by atoms with Crippen molar-refractivity contribution in [1.82, 2.24) is 15.5 Å². The van der Waals surface area contributed by atoms with Crippen LogP contribution in [0.5, 0.6) is 0 Å². The molecule has 0 spiro atoms. The van der Waals surface area contributed by atoms with Gasteiger partial charge in [0.25, 0.3) is 0 Å². The van der Waals surface area contributed by atoms with Crippen LogP contribution in [0.2, 0.25) is 0 Å². The van der Waals surface area contributed by atoms with Crippen molar-refractivity contribution in [2.24, 2.45) is 0 Å². The Kier molecular flexibility index (Phi) is 3.10. The van der Waals surface area contributed by atoms with Gasteiger partial charge in [0.05, 0.1) is 12.5 Å². The molecule has 78 valence electrons. The Morgan fingerprint density at radius 3 is 3.21 bits per heavy atom. The zero-order chi connectivity index (χ0) is 9.80. The first kappa shape index (κ1) is 9.61. The summed E-state index contributed by atoms with van der Waals surface area (Å²) in [5.74, 6) is 1.66. The van der Waals surface area contributed by atoms with E-state index in [9.17, 15) is 0 Å². The summed E-state index contributed by atoms with van der Waals surface area (Å²) in [6.07, 6.45) is 2.74. The van der Waals surface area contributed by atoms with Crippen molar-refractivity contribution >= 4 is 0 Å². The average Bonchev–Trinajstić information content (AvgIpc) is 2.68. The Morgan fingerprint density at radius 2 is 2.50 bits per heavy atom. The van der Waals surface area contributed by atoms with Crippen LogP contribution < -0.4 is 5.32 Å². The van der Waals surface area contributed by atoms with Gasteiger partial charge in [0.1, 0.15) is 0 Å². The maximum atomic E-state index is 8.71. The smallest absolute Gasteiger partial charge is 0.231 e. The van der Waals surface area contributed by atoms with Gasteiger partial charge in [0.15, 0.2) is 5.82 Å². The number of aromatic nitrogens is 2. The lowest BCUT2D eigenvalue weighted by molar-refractivity contribution is 0.290. The minimum atomic E-state index is 0.0713. The van der Waals surface area contributed by atoms with Crippen molar-refractivity contribution in [2.75, 3.05) is 19.7 Å². The van der Waals surface area contributed by atoms with E-state index >= 15 is 0 Å². The molecular formula is C9H15N3O2. The van der Waals surface area contributed by atoms with E-state index in [1.54, 1.807) is 0 Å². The van der Waals surface area contributed by atoms with E-state index in [0.717, 1.165) is 25.9 Å². The minimum absolute atomic E-state index is 0.0713. The van der Waals surface area contributed by atoms with Gasteiger partial charge >= 0.3 is 0 Å². The molecule has 14 heavy (non-hydrogen) atoms. The van der Waals surface area contributed by atoms with Crippen LogP contribution in [0.25, 0.3) is 0 Å². The fourth-order valence-electron chi connectivity index (χ4n) is 1.70. The summed E-state index contributed by atoms with van der Waals surface area (Å²) >= 11 is 0.